The molecule has 1 aliphatic carbocycles. The summed E-state index contributed by atoms with van der Waals surface area (Å²) in [4.78, 5) is 11.9. The fourth-order valence-electron chi connectivity index (χ4n) is 2.16. The molecule has 0 radical (unpaired) electrons. The van der Waals surface area contributed by atoms with Gasteiger partial charge in [0.25, 0.3) is 0 Å². The van der Waals surface area contributed by atoms with Crippen molar-refractivity contribution in [2.24, 2.45) is 11.8 Å². The van der Waals surface area contributed by atoms with Gasteiger partial charge in [0, 0.05) is 20.6 Å². The second-order valence-electron chi connectivity index (χ2n) is 6.51. The molecule has 2 atom stereocenters. The molecule has 2 nitrogen and oxygen atoms in total. The molecule has 0 fully saturated rings. The Bertz CT molecular complexity index is 302. The van der Waals surface area contributed by atoms with Crippen molar-refractivity contribution in [1.29, 1.82) is 0 Å². The molecule has 0 aromatic rings. The summed E-state index contributed by atoms with van der Waals surface area (Å²) in [5, 5.41) is 0. The van der Waals surface area contributed by atoms with Gasteiger partial charge in [0.15, 0.2) is 0 Å². The second-order valence-corrected chi connectivity index (χ2v) is 12.1. The quantitative estimate of drug-likeness (QED) is 0.426. The van der Waals surface area contributed by atoms with Crippen LogP contribution in [0.5, 0.6) is 0 Å². The van der Waals surface area contributed by atoms with E-state index in [0.717, 1.165) is 13.0 Å². The van der Waals surface area contributed by atoms with Crippen LogP contribution in [0.15, 0.2) is 11.6 Å². The molecule has 0 heterocycles. The second kappa shape index (κ2) is 5.96. The Kier molecular flexibility index (Phi) is 5.14. The van der Waals surface area contributed by atoms with Crippen LogP contribution >= 0.6 is 0 Å². The van der Waals surface area contributed by atoms with Crippen LogP contribution in [0.25, 0.3) is 0 Å². The van der Waals surface area contributed by atoms with E-state index in [1.807, 2.05) is 6.92 Å². The molecule has 98 valence electrons. The first-order valence-corrected chi connectivity index (χ1v) is 10.3. The van der Waals surface area contributed by atoms with Gasteiger partial charge in [-0.25, -0.2) is 0 Å². The highest BCUT2D eigenvalue weighted by atomic mass is 28.3. The standard InChI is InChI=1S/C14H26O2Si/c1-11-8-12(2)14(15)13(9-11)10-16-6-7-17(3,4)5/h9,12-13H,6-8,10H2,1-5H3. The van der Waals surface area contributed by atoms with Gasteiger partial charge >= 0.3 is 0 Å². The van der Waals surface area contributed by atoms with Gasteiger partial charge in [-0.2, -0.15) is 0 Å². The number of ether oxygens (including phenoxy) is 1. The molecule has 17 heavy (non-hydrogen) atoms. The smallest absolute Gasteiger partial charge is 0.145 e. The lowest BCUT2D eigenvalue weighted by Gasteiger charge is -2.24. The third-order valence-electron chi connectivity index (χ3n) is 3.26. The molecule has 0 aliphatic heterocycles. The monoisotopic (exact) mass is 254 g/mol. The van der Waals surface area contributed by atoms with E-state index < -0.39 is 8.07 Å². The number of Topliss-reactive ketones (excluding diaryl/α,β-unsaturated/α-hetero) is 1. The molecule has 3 heteroatoms. The van der Waals surface area contributed by atoms with Crippen molar-refractivity contribution in [1.82, 2.24) is 0 Å². The van der Waals surface area contributed by atoms with E-state index in [1.165, 1.54) is 11.6 Å². The number of hydrogen-bond donors (Lipinski definition) is 0. The minimum atomic E-state index is -1.01. The first kappa shape index (κ1) is 14.6. The van der Waals surface area contributed by atoms with Crippen molar-refractivity contribution >= 4 is 13.9 Å². The molecule has 1 aliphatic rings. The first-order valence-electron chi connectivity index (χ1n) is 6.58. The van der Waals surface area contributed by atoms with Crippen LogP contribution < -0.4 is 0 Å². The van der Waals surface area contributed by atoms with Gasteiger partial charge in [-0.05, 0) is 19.4 Å². The van der Waals surface area contributed by atoms with Crippen LogP contribution in [0.3, 0.4) is 0 Å². The predicted molar refractivity (Wildman–Crippen MR) is 75.0 cm³/mol. The lowest BCUT2D eigenvalue weighted by Crippen LogP contribution is -2.29. The zero-order valence-electron chi connectivity index (χ0n) is 11.9. The van der Waals surface area contributed by atoms with Crippen LogP contribution in [0.4, 0.5) is 0 Å². The maximum atomic E-state index is 11.9. The third kappa shape index (κ3) is 5.17. The van der Waals surface area contributed by atoms with Gasteiger partial charge in [0.05, 0.1) is 12.5 Å². The number of ketones is 1. The zero-order chi connectivity index (χ0) is 13.1. The minimum Gasteiger partial charge on any atom is -0.381 e. The highest BCUT2D eigenvalue weighted by molar-refractivity contribution is 6.76. The number of hydrogen-bond acceptors (Lipinski definition) is 2. The van der Waals surface area contributed by atoms with Crippen molar-refractivity contribution in [3.05, 3.63) is 11.6 Å². The van der Waals surface area contributed by atoms with Gasteiger partial charge in [-0.3, -0.25) is 4.79 Å². The Morgan fingerprint density at radius 3 is 2.65 bits per heavy atom. The molecule has 0 saturated carbocycles. The number of allylic oxidation sites excluding steroid dienone is 1. The fraction of sp³-hybridized carbons (Fsp3) is 0.786. The molecule has 0 amide bonds. The Labute approximate surface area is 106 Å². The molecular formula is C14H26O2Si. The lowest BCUT2D eigenvalue weighted by molar-refractivity contribution is -0.127. The molecule has 0 saturated heterocycles. The van der Waals surface area contributed by atoms with Gasteiger partial charge in [0.1, 0.15) is 5.78 Å². The van der Waals surface area contributed by atoms with Crippen LogP contribution in [0.2, 0.25) is 25.7 Å². The van der Waals surface area contributed by atoms with Gasteiger partial charge < -0.3 is 4.74 Å². The third-order valence-corrected chi connectivity index (χ3v) is 4.96. The van der Waals surface area contributed by atoms with Crippen LogP contribution in [0, 0.1) is 11.8 Å². The minimum absolute atomic E-state index is 0.000357. The predicted octanol–water partition coefficient (Wildman–Crippen LogP) is 3.51. The van der Waals surface area contributed by atoms with E-state index in [-0.39, 0.29) is 11.8 Å². The zero-order valence-corrected chi connectivity index (χ0v) is 12.9. The van der Waals surface area contributed by atoms with Crippen molar-refractivity contribution in [2.45, 2.75) is 46.0 Å². The normalized spacial score (nSPS) is 25.9. The summed E-state index contributed by atoms with van der Waals surface area (Å²) < 4.78 is 5.69. The van der Waals surface area contributed by atoms with E-state index in [4.69, 9.17) is 4.74 Å². The van der Waals surface area contributed by atoms with E-state index >= 15 is 0 Å². The van der Waals surface area contributed by atoms with E-state index in [2.05, 4.69) is 32.6 Å². The SMILES string of the molecule is CC1=CC(COCC[Si](C)(C)C)C(=O)C(C)C1. The summed E-state index contributed by atoms with van der Waals surface area (Å²) in [7, 11) is -1.01. The average molecular weight is 254 g/mol. The van der Waals surface area contributed by atoms with E-state index in [0.29, 0.717) is 12.4 Å². The molecule has 0 bridgehead atoms. The Balaban J connectivity index is 2.36. The van der Waals surface area contributed by atoms with Crippen molar-refractivity contribution < 1.29 is 9.53 Å². The molecule has 0 aromatic heterocycles. The lowest BCUT2D eigenvalue weighted by atomic mass is 9.83. The summed E-state index contributed by atoms with van der Waals surface area (Å²) >= 11 is 0. The number of rotatable bonds is 5. The molecule has 0 N–H and O–H groups in total. The molecule has 0 aromatic carbocycles. The molecule has 1 rings (SSSR count). The van der Waals surface area contributed by atoms with E-state index in [1.54, 1.807) is 0 Å². The van der Waals surface area contributed by atoms with Gasteiger partial charge in [-0.1, -0.05) is 38.2 Å². The van der Waals surface area contributed by atoms with Crippen molar-refractivity contribution in [2.75, 3.05) is 13.2 Å². The van der Waals surface area contributed by atoms with Crippen molar-refractivity contribution in [3.8, 4) is 0 Å². The molecular weight excluding hydrogens is 228 g/mol. The molecule has 2 unspecified atom stereocenters. The van der Waals surface area contributed by atoms with Gasteiger partial charge in [-0.15, -0.1) is 0 Å². The van der Waals surface area contributed by atoms with Gasteiger partial charge in [0.2, 0.25) is 0 Å². The summed E-state index contributed by atoms with van der Waals surface area (Å²) in [6, 6.07) is 1.17. The maximum Gasteiger partial charge on any atom is 0.145 e. The van der Waals surface area contributed by atoms with Crippen LogP contribution in [-0.4, -0.2) is 27.1 Å². The fourth-order valence-corrected chi connectivity index (χ4v) is 2.92. The Morgan fingerprint density at radius 2 is 2.06 bits per heavy atom. The largest absolute Gasteiger partial charge is 0.381 e. The summed E-state index contributed by atoms with van der Waals surface area (Å²) in [5.74, 6) is 0.523. The topological polar surface area (TPSA) is 26.3 Å². The van der Waals surface area contributed by atoms with Crippen molar-refractivity contribution in [3.63, 3.8) is 0 Å². The number of carbonyl (C=O) groups is 1. The first-order chi connectivity index (χ1) is 7.79. The molecule has 0 spiro atoms. The summed E-state index contributed by atoms with van der Waals surface area (Å²) in [6.45, 7) is 12.5. The maximum absolute atomic E-state index is 11.9. The van der Waals surface area contributed by atoms with E-state index in [9.17, 15) is 4.79 Å². The highest BCUT2D eigenvalue weighted by Gasteiger charge is 2.26. The highest BCUT2D eigenvalue weighted by Crippen LogP contribution is 2.24. The number of carbonyl (C=O) groups excluding carboxylic acids is 1. The summed E-state index contributed by atoms with van der Waals surface area (Å²) in [5.41, 5.74) is 1.33. The van der Waals surface area contributed by atoms with Crippen LogP contribution in [0.1, 0.15) is 20.3 Å². The Hall–Kier alpha value is -0.413. The van der Waals surface area contributed by atoms with Crippen LogP contribution in [-0.2, 0) is 9.53 Å². The summed E-state index contributed by atoms with van der Waals surface area (Å²) in [6.07, 6.45) is 3.01. The Morgan fingerprint density at radius 1 is 1.41 bits per heavy atom. The average Bonchev–Trinajstić information content (AvgIpc) is 2.18.